The molecule has 1 fully saturated rings. The lowest BCUT2D eigenvalue weighted by atomic mass is 10.1. The van der Waals surface area contributed by atoms with E-state index >= 15 is 0 Å². The SMILES string of the molecule is COc1ccc(C)cc1CCNC(=O)c1cn(C2CCNCC2)nn1. The second-order valence-electron chi connectivity index (χ2n) is 6.39. The molecule has 1 aromatic carbocycles. The van der Waals surface area contributed by atoms with Crippen LogP contribution in [0.15, 0.2) is 24.4 Å². The number of methoxy groups -OCH3 is 1. The Balaban J connectivity index is 1.54. The van der Waals surface area contributed by atoms with Gasteiger partial charge >= 0.3 is 0 Å². The molecule has 1 aromatic heterocycles. The molecule has 1 amide bonds. The number of hydrogen-bond acceptors (Lipinski definition) is 5. The van der Waals surface area contributed by atoms with Gasteiger partial charge in [0.25, 0.3) is 5.91 Å². The Morgan fingerprint density at radius 2 is 2.20 bits per heavy atom. The summed E-state index contributed by atoms with van der Waals surface area (Å²) >= 11 is 0. The Morgan fingerprint density at radius 1 is 1.40 bits per heavy atom. The molecular formula is C18H25N5O2. The average molecular weight is 343 g/mol. The highest BCUT2D eigenvalue weighted by atomic mass is 16.5. The first-order valence-corrected chi connectivity index (χ1v) is 8.71. The van der Waals surface area contributed by atoms with Crippen molar-refractivity contribution < 1.29 is 9.53 Å². The smallest absolute Gasteiger partial charge is 0.273 e. The second kappa shape index (κ2) is 8.11. The van der Waals surface area contributed by atoms with Gasteiger partial charge in [0.15, 0.2) is 5.69 Å². The maximum atomic E-state index is 12.3. The van der Waals surface area contributed by atoms with Gasteiger partial charge in [-0.15, -0.1) is 5.10 Å². The number of aryl methyl sites for hydroxylation is 1. The highest BCUT2D eigenvalue weighted by Crippen LogP contribution is 2.20. The summed E-state index contributed by atoms with van der Waals surface area (Å²) in [5, 5.41) is 14.4. The summed E-state index contributed by atoms with van der Waals surface area (Å²) in [5.41, 5.74) is 2.63. The van der Waals surface area contributed by atoms with E-state index in [1.165, 1.54) is 5.56 Å². The number of carbonyl (C=O) groups excluding carboxylic acids is 1. The van der Waals surface area contributed by atoms with Crippen LogP contribution in [0.3, 0.4) is 0 Å². The predicted molar refractivity (Wildman–Crippen MR) is 94.9 cm³/mol. The van der Waals surface area contributed by atoms with Gasteiger partial charge in [0.1, 0.15) is 5.75 Å². The number of nitrogens with zero attached hydrogens (tertiary/aromatic N) is 3. The maximum Gasteiger partial charge on any atom is 0.273 e. The van der Waals surface area contributed by atoms with Crippen LogP contribution in [0.4, 0.5) is 0 Å². The first-order valence-electron chi connectivity index (χ1n) is 8.71. The average Bonchev–Trinajstić information content (AvgIpc) is 3.13. The van der Waals surface area contributed by atoms with E-state index in [0.717, 1.165) is 37.2 Å². The molecule has 0 unspecified atom stereocenters. The molecule has 7 heteroatoms. The van der Waals surface area contributed by atoms with Gasteiger partial charge in [-0.3, -0.25) is 4.79 Å². The number of rotatable bonds is 6. The molecule has 1 saturated heterocycles. The molecule has 0 atom stereocenters. The molecule has 7 nitrogen and oxygen atoms in total. The zero-order valence-electron chi connectivity index (χ0n) is 14.8. The Morgan fingerprint density at radius 3 is 2.96 bits per heavy atom. The fraction of sp³-hybridized carbons (Fsp3) is 0.500. The zero-order valence-corrected chi connectivity index (χ0v) is 14.8. The Labute approximate surface area is 147 Å². The molecule has 25 heavy (non-hydrogen) atoms. The van der Waals surface area contributed by atoms with E-state index in [1.807, 2.05) is 23.7 Å². The van der Waals surface area contributed by atoms with Crippen molar-refractivity contribution in [1.82, 2.24) is 25.6 Å². The number of benzene rings is 1. The van der Waals surface area contributed by atoms with Crippen molar-refractivity contribution in [2.45, 2.75) is 32.2 Å². The lowest BCUT2D eigenvalue weighted by Gasteiger charge is -2.22. The molecule has 134 valence electrons. The van der Waals surface area contributed by atoms with Crippen molar-refractivity contribution in [3.8, 4) is 5.75 Å². The van der Waals surface area contributed by atoms with Crippen LogP contribution in [-0.4, -0.2) is 47.6 Å². The predicted octanol–water partition coefficient (Wildman–Crippen LogP) is 1.49. The van der Waals surface area contributed by atoms with Crippen LogP contribution in [-0.2, 0) is 6.42 Å². The number of ether oxygens (including phenoxy) is 1. The lowest BCUT2D eigenvalue weighted by Crippen LogP contribution is -2.29. The molecule has 2 heterocycles. The lowest BCUT2D eigenvalue weighted by molar-refractivity contribution is 0.0949. The van der Waals surface area contributed by atoms with Crippen molar-refractivity contribution in [2.75, 3.05) is 26.7 Å². The van der Waals surface area contributed by atoms with Gasteiger partial charge in [-0.1, -0.05) is 22.9 Å². The van der Waals surface area contributed by atoms with Crippen molar-refractivity contribution in [3.63, 3.8) is 0 Å². The van der Waals surface area contributed by atoms with E-state index in [0.29, 0.717) is 24.7 Å². The largest absolute Gasteiger partial charge is 0.496 e. The number of aromatic nitrogens is 3. The quantitative estimate of drug-likeness (QED) is 0.831. The normalized spacial score (nSPS) is 15.1. The standard InChI is InChI=1S/C18H25N5O2/c1-13-3-4-17(25-2)14(11-13)5-10-20-18(24)16-12-23(22-21-16)15-6-8-19-9-7-15/h3-4,11-12,15,19H,5-10H2,1-2H3,(H,20,24). The number of amides is 1. The van der Waals surface area contributed by atoms with E-state index in [2.05, 4.69) is 27.0 Å². The maximum absolute atomic E-state index is 12.3. The third kappa shape index (κ3) is 4.36. The van der Waals surface area contributed by atoms with Gasteiger partial charge in [0, 0.05) is 6.54 Å². The highest BCUT2D eigenvalue weighted by molar-refractivity contribution is 5.91. The molecule has 3 rings (SSSR count). The monoisotopic (exact) mass is 343 g/mol. The summed E-state index contributed by atoms with van der Waals surface area (Å²) in [7, 11) is 1.66. The van der Waals surface area contributed by atoms with Crippen LogP contribution in [0, 0.1) is 6.92 Å². The fourth-order valence-corrected chi connectivity index (χ4v) is 3.13. The summed E-state index contributed by atoms with van der Waals surface area (Å²) in [5.74, 6) is 0.656. The van der Waals surface area contributed by atoms with Gasteiger partial charge in [-0.25, -0.2) is 4.68 Å². The van der Waals surface area contributed by atoms with Crippen molar-refractivity contribution in [1.29, 1.82) is 0 Å². The molecule has 2 N–H and O–H groups in total. The minimum Gasteiger partial charge on any atom is -0.496 e. The van der Waals surface area contributed by atoms with E-state index < -0.39 is 0 Å². The Hall–Kier alpha value is -2.41. The zero-order chi connectivity index (χ0) is 17.6. The third-order valence-electron chi connectivity index (χ3n) is 4.54. The minimum absolute atomic E-state index is 0.188. The van der Waals surface area contributed by atoms with Crippen molar-refractivity contribution in [2.24, 2.45) is 0 Å². The van der Waals surface area contributed by atoms with Crippen LogP contribution in [0.2, 0.25) is 0 Å². The van der Waals surface area contributed by atoms with Crippen LogP contribution >= 0.6 is 0 Å². The van der Waals surface area contributed by atoms with Crippen molar-refractivity contribution >= 4 is 5.91 Å². The van der Waals surface area contributed by atoms with Crippen LogP contribution in [0.25, 0.3) is 0 Å². The van der Waals surface area contributed by atoms with E-state index in [9.17, 15) is 4.79 Å². The van der Waals surface area contributed by atoms with Gasteiger partial charge in [0.2, 0.25) is 0 Å². The molecular weight excluding hydrogens is 318 g/mol. The summed E-state index contributed by atoms with van der Waals surface area (Å²) < 4.78 is 7.19. The van der Waals surface area contributed by atoms with Gasteiger partial charge < -0.3 is 15.4 Å². The van der Waals surface area contributed by atoms with Crippen molar-refractivity contribution in [3.05, 3.63) is 41.2 Å². The molecule has 0 spiro atoms. The summed E-state index contributed by atoms with van der Waals surface area (Å²) in [6.07, 6.45) is 4.48. The van der Waals surface area contributed by atoms with E-state index in [-0.39, 0.29) is 5.91 Å². The Kier molecular flexibility index (Phi) is 5.65. The summed E-state index contributed by atoms with van der Waals surface area (Å²) in [6, 6.07) is 6.38. The topological polar surface area (TPSA) is 81.1 Å². The molecule has 0 bridgehead atoms. The van der Waals surface area contributed by atoms with Crippen LogP contribution in [0.1, 0.15) is 40.5 Å². The molecule has 2 aromatic rings. The van der Waals surface area contributed by atoms with Gasteiger partial charge in [0.05, 0.1) is 19.3 Å². The molecule has 1 aliphatic rings. The first kappa shape index (κ1) is 17.4. The Bertz CT molecular complexity index is 722. The summed E-state index contributed by atoms with van der Waals surface area (Å²) in [4.78, 5) is 12.3. The fourth-order valence-electron chi connectivity index (χ4n) is 3.13. The highest BCUT2D eigenvalue weighted by Gasteiger charge is 2.18. The van der Waals surface area contributed by atoms with Gasteiger partial charge in [-0.05, 0) is 50.9 Å². The molecule has 1 aliphatic heterocycles. The minimum atomic E-state index is -0.188. The van der Waals surface area contributed by atoms with Gasteiger partial charge in [-0.2, -0.15) is 0 Å². The number of hydrogen-bond donors (Lipinski definition) is 2. The summed E-state index contributed by atoms with van der Waals surface area (Å²) in [6.45, 7) is 4.52. The molecule has 0 aliphatic carbocycles. The van der Waals surface area contributed by atoms with E-state index in [4.69, 9.17) is 4.74 Å². The van der Waals surface area contributed by atoms with E-state index in [1.54, 1.807) is 13.3 Å². The first-order chi connectivity index (χ1) is 12.2. The molecule has 0 radical (unpaired) electrons. The number of piperidine rings is 1. The molecule has 0 saturated carbocycles. The van der Waals surface area contributed by atoms with Crippen LogP contribution < -0.4 is 15.4 Å². The number of carbonyl (C=O) groups is 1. The third-order valence-corrected chi connectivity index (χ3v) is 4.54. The second-order valence-corrected chi connectivity index (χ2v) is 6.39. The van der Waals surface area contributed by atoms with Crippen LogP contribution in [0.5, 0.6) is 5.75 Å². The number of nitrogens with one attached hydrogen (secondary N) is 2.